The molecule has 1 aromatic heterocycles. The Labute approximate surface area is 134 Å². The summed E-state index contributed by atoms with van der Waals surface area (Å²) in [6.07, 6.45) is 2.33. The monoisotopic (exact) mass is 314 g/mol. The second kappa shape index (κ2) is 6.46. The van der Waals surface area contributed by atoms with E-state index in [4.69, 9.17) is 0 Å². The lowest BCUT2D eigenvalue weighted by Gasteiger charge is -2.24. The lowest BCUT2D eigenvalue weighted by molar-refractivity contribution is 0.0709. The molecule has 1 aromatic carbocycles. The third-order valence-electron chi connectivity index (χ3n) is 4.25. The van der Waals surface area contributed by atoms with Crippen LogP contribution in [0, 0.1) is 5.82 Å². The molecule has 2 aromatic rings. The minimum Gasteiger partial charge on any atom is -0.391 e. The lowest BCUT2D eigenvalue weighted by Crippen LogP contribution is -2.32. The van der Waals surface area contributed by atoms with Crippen molar-refractivity contribution in [1.82, 2.24) is 9.88 Å². The summed E-state index contributed by atoms with van der Waals surface area (Å²) in [5.74, 6) is -0.520. The highest BCUT2D eigenvalue weighted by molar-refractivity contribution is 5.93. The Kier molecular flexibility index (Phi) is 4.39. The van der Waals surface area contributed by atoms with Gasteiger partial charge in [-0.2, -0.15) is 0 Å². The first-order valence-corrected chi connectivity index (χ1v) is 7.78. The highest BCUT2D eigenvalue weighted by atomic mass is 19.1. The van der Waals surface area contributed by atoms with Crippen molar-refractivity contribution in [1.29, 1.82) is 0 Å². The molecular weight excluding hydrogens is 295 g/mol. The first-order valence-electron chi connectivity index (χ1n) is 7.78. The Balaban J connectivity index is 1.89. The SMILES string of the molecule is CCc1ccnc(C(=O)N2C[C@@H](O)C[C@@H]2c2ccc(F)cc2)c1. The minimum atomic E-state index is -0.580. The Morgan fingerprint density at radius 1 is 1.35 bits per heavy atom. The summed E-state index contributed by atoms with van der Waals surface area (Å²) in [4.78, 5) is 18.6. The molecule has 23 heavy (non-hydrogen) atoms. The standard InChI is InChI=1S/C18H19FN2O2/c1-2-12-7-8-20-16(9-12)18(23)21-11-15(22)10-17(21)13-3-5-14(19)6-4-13/h3-9,15,17,22H,2,10-11H2,1H3/t15-,17+/m0/s1. The number of carbonyl (C=O) groups excluding carboxylic acids is 1. The summed E-state index contributed by atoms with van der Waals surface area (Å²) >= 11 is 0. The number of pyridine rings is 1. The van der Waals surface area contributed by atoms with Crippen LogP contribution >= 0.6 is 0 Å². The maximum absolute atomic E-state index is 13.1. The number of rotatable bonds is 3. The van der Waals surface area contributed by atoms with Gasteiger partial charge in [0.2, 0.25) is 0 Å². The molecule has 0 unspecified atom stereocenters. The second-order valence-corrected chi connectivity index (χ2v) is 5.82. The van der Waals surface area contributed by atoms with Gasteiger partial charge in [-0.05, 0) is 48.2 Å². The van der Waals surface area contributed by atoms with E-state index in [1.54, 1.807) is 29.3 Å². The van der Waals surface area contributed by atoms with Crippen molar-refractivity contribution in [3.8, 4) is 0 Å². The Hall–Kier alpha value is -2.27. The van der Waals surface area contributed by atoms with Crippen LogP contribution in [0.2, 0.25) is 0 Å². The summed E-state index contributed by atoms with van der Waals surface area (Å²) in [7, 11) is 0. The summed E-state index contributed by atoms with van der Waals surface area (Å²) in [6, 6.07) is 9.48. The third-order valence-corrected chi connectivity index (χ3v) is 4.25. The molecule has 1 saturated heterocycles. The zero-order valence-corrected chi connectivity index (χ0v) is 12.9. The molecular formula is C18H19FN2O2. The first kappa shape index (κ1) is 15.6. The molecule has 0 aliphatic carbocycles. The topological polar surface area (TPSA) is 53.4 Å². The van der Waals surface area contributed by atoms with E-state index in [2.05, 4.69) is 4.98 Å². The van der Waals surface area contributed by atoms with Gasteiger partial charge >= 0.3 is 0 Å². The molecule has 0 bridgehead atoms. The van der Waals surface area contributed by atoms with E-state index in [0.717, 1.165) is 17.5 Å². The van der Waals surface area contributed by atoms with Crippen molar-refractivity contribution >= 4 is 5.91 Å². The third kappa shape index (κ3) is 3.24. The zero-order valence-electron chi connectivity index (χ0n) is 12.9. The van der Waals surface area contributed by atoms with Crippen molar-refractivity contribution < 1.29 is 14.3 Å². The van der Waals surface area contributed by atoms with E-state index in [0.29, 0.717) is 12.1 Å². The molecule has 1 aliphatic rings. The molecule has 0 spiro atoms. The van der Waals surface area contributed by atoms with Crippen LogP contribution in [0.25, 0.3) is 0 Å². The smallest absolute Gasteiger partial charge is 0.273 e. The molecule has 1 aliphatic heterocycles. The lowest BCUT2D eigenvalue weighted by atomic mass is 10.0. The van der Waals surface area contributed by atoms with E-state index in [1.165, 1.54) is 12.1 Å². The van der Waals surface area contributed by atoms with Gasteiger partial charge in [-0.15, -0.1) is 0 Å². The Morgan fingerprint density at radius 2 is 2.09 bits per heavy atom. The number of aliphatic hydroxyl groups excluding tert-OH is 1. The average Bonchev–Trinajstić information content (AvgIpc) is 2.96. The molecule has 120 valence electrons. The summed E-state index contributed by atoms with van der Waals surface area (Å²) in [5.41, 5.74) is 2.25. The van der Waals surface area contributed by atoms with Crippen LogP contribution in [0.4, 0.5) is 4.39 Å². The number of carbonyl (C=O) groups is 1. The fourth-order valence-corrected chi connectivity index (χ4v) is 3.00. The van der Waals surface area contributed by atoms with Crippen LogP contribution in [-0.2, 0) is 6.42 Å². The number of hydrogen-bond donors (Lipinski definition) is 1. The van der Waals surface area contributed by atoms with Crippen LogP contribution < -0.4 is 0 Å². The molecule has 3 rings (SSSR count). The number of hydrogen-bond acceptors (Lipinski definition) is 3. The average molecular weight is 314 g/mol. The largest absolute Gasteiger partial charge is 0.391 e. The maximum atomic E-state index is 13.1. The van der Waals surface area contributed by atoms with Crippen molar-refractivity contribution in [3.63, 3.8) is 0 Å². The Bertz CT molecular complexity index is 702. The van der Waals surface area contributed by atoms with E-state index >= 15 is 0 Å². The van der Waals surface area contributed by atoms with Crippen molar-refractivity contribution in [3.05, 3.63) is 65.2 Å². The van der Waals surface area contributed by atoms with Gasteiger partial charge in [-0.25, -0.2) is 4.39 Å². The highest BCUT2D eigenvalue weighted by Gasteiger charge is 2.36. The van der Waals surface area contributed by atoms with Gasteiger partial charge in [0.1, 0.15) is 11.5 Å². The van der Waals surface area contributed by atoms with Gasteiger partial charge in [0.05, 0.1) is 12.1 Å². The highest BCUT2D eigenvalue weighted by Crippen LogP contribution is 2.33. The number of benzene rings is 1. The summed E-state index contributed by atoms with van der Waals surface area (Å²) in [6.45, 7) is 2.28. The van der Waals surface area contributed by atoms with Crippen LogP contribution in [-0.4, -0.2) is 33.5 Å². The number of likely N-dealkylation sites (tertiary alicyclic amines) is 1. The number of amides is 1. The van der Waals surface area contributed by atoms with Crippen LogP contribution in [0.15, 0.2) is 42.6 Å². The fraction of sp³-hybridized carbons (Fsp3) is 0.333. The number of aliphatic hydroxyl groups is 1. The van der Waals surface area contributed by atoms with E-state index < -0.39 is 6.10 Å². The molecule has 0 radical (unpaired) electrons. The van der Waals surface area contributed by atoms with Crippen molar-refractivity contribution in [2.45, 2.75) is 31.9 Å². The molecule has 2 atom stereocenters. The van der Waals surface area contributed by atoms with Crippen LogP contribution in [0.1, 0.15) is 41.0 Å². The number of nitrogens with zero attached hydrogens (tertiary/aromatic N) is 2. The van der Waals surface area contributed by atoms with Gasteiger partial charge in [0.15, 0.2) is 0 Å². The van der Waals surface area contributed by atoms with Crippen molar-refractivity contribution in [2.24, 2.45) is 0 Å². The van der Waals surface area contributed by atoms with Crippen LogP contribution in [0.3, 0.4) is 0 Å². The quantitative estimate of drug-likeness (QED) is 0.948. The number of β-amino-alcohol motifs (C(OH)–C–C–N with tert-alkyl or cyclic N) is 1. The van der Waals surface area contributed by atoms with Gasteiger partial charge in [0, 0.05) is 12.7 Å². The second-order valence-electron chi connectivity index (χ2n) is 5.82. The number of aryl methyl sites for hydroxylation is 1. The zero-order chi connectivity index (χ0) is 16.4. The van der Waals surface area contributed by atoms with Gasteiger partial charge < -0.3 is 10.0 Å². The van der Waals surface area contributed by atoms with E-state index in [-0.39, 0.29) is 24.3 Å². The summed E-state index contributed by atoms with van der Waals surface area (Å²) < 4.78 is 13.1. The van der Waals surface area contributed by atoms with Gasteiger partial charge in [-0.1, -0.05) is 19.1 Å². The van der Waals surface area contributed by atoms with Gasteiger partial charge in [-0.3, -0.25) is 9.78 Å². The molecule has 1 amide bonds. The molecule has 1 N–H and O–H groups in total. The van der Waals surface area contributed by atoms with Crippen molar-refractivity contribution in [2.75, 3.05) is 6.54 Å². The van der Waals surface area contributed by atoms with E-state index in [9.17, 15) is 14.3 Å². The predicted molar refractivity (Wildman–Crippen MR) is 84.4 cm³/mol. The normalized spacial score (nSPS) is 20.7. The summed E-state index contributed by atoms with van der Waals surface area (Å²) in [5, 5.41) is 9.99. The maximum Gasteiger partial charge on any atom is 0.273 e. The molecule has 4 nitrogen and oxygen atoms in total. The number of halogens is 1. The molecule has 5 heteroatoms. The Morgan fingerprint density at radius 3 is 2.78 bits per heavy atom. The minimum absolute atomic E-state index is 0.203. The predicted octanol–water partition coefficient (Wildman–Crippen LogP) is 2.73. The van der Waals surface area contributed by atoms with E-state index in [1.807, 2.05) is 13.0 Å². The first-order chi connectivity index (χ1) is 11.1. The molecule has 1 fully saturated rings. The number of aromatic nitrogens is 1. The van der Waals surface area contributed by atoms with Gasteiger partial charge in [0.25, 0.3) is 5.91 Å². The van der Waals surface area contributed by atoms with Crippen LogP contribution in [0.5, 0.6) is 0 Å². The fourth-order valence-electron chi connectivity index (χ4n) is 3.00. The molecule has 2 heterocycles. The molecule has 0 saturated carbocycles.